The maximum atomic E-state index is 5.99. The zero-order valence-corrected chi connectivity index (χ0v) is 13.0. The van der Waals surface area contributed by atoms with Crippen LogP contribution in [0.4, 0.5) is 11.5 Å². The average molecular weight is 320 g/mol. The predicted octanol–water partition coefficient (Wildman–Crippen LogP) is 4.28. The quantitative estimate of drug-likeness (QED) is 0.713. The fourth-order valence-electron chi connectivity index (χ4n) is 2.12. The molecule has 0 aliphatic heterocycles. The Morgan fingerprint density at radius 3 is 2.95 bits per heavy atom. The van der Waals surface area contributed by atoms with Crippen LogP contribution in [0.15, 0.2) is 35.7 Å². The molecule has 1 aromatic carbocycles. The molecule has 0 unspecified atom stereocenters. The zero-order valence-electron chi connectivity index (χ0n) is 11.5. The second-order valence-corrected chi connectivity index (χ2v) is 5.74. The highest BCUT2D eigenvalue weighted by atomic mass is 35.5. The Bertz CT molecular complexity index is 760. The number of nitrogens with zero attached hydrogens (tertiary/aromatic N) is 2. The van der Waals surface area contributed by atoms with Crippen LogP contribution in [0.5, 0.6) is 0 Å². The van der Waals surface area contributed by atoms with Crippen LogP contribution in [0.25, 0.3) is 10.2 Å². The van der Waals surface area contributed by atoms with E-state index in [9.17, 15) is 0 Å². The number of hydrogen-bond acceptors (Lipinski definition) is 5. The number of ether oxygens (including phenoxy) is 1. The second-order valence-electron chi connectivity index (χ2n) is 4.51. The Hall–Kier alpha value is -1.69. The molecule has 3 rings (SSSR count). The van der Waals surface area contributed by atoms with Crippen molar-refractivity contribution < 1.29 is 4.74 Å². The topological polar surface area (TPSA) is 47.0 Å². The van der Waals surface area contributed by atoms with Crippen LogP contribution in [0.3, 0.4) is 0 Å². The van der Waals surface area contributed by atoms with Crippen molar-refractivity contribution in [3.63, 3.8) is 0 Å². The van der Waals surface area contributed by atoms with Crippen LogP contribution < -0.4 is 5.32 Å². The normalized spacial score (nSPS) is 11.0. The number of rotatable bonds is 5. The van der Waals surface area contributed by atoms with Gasteiger partial charge in [0.15, 0.2) is 0 Å². The molecule has 0 aliphatic rings. The van der Waals surface area contributed by atoms with Gasteiger partial charge in [0.05, 0.1) is 12.0 Å². The fourth-order valence-corrected chi connectivity index (χ4v) is 3.11. The number of thiophene rings is 1. The second kappa shape index (κ2) is 6.39. The Balaban J connectivity index is 1.97. The Labute approximate surface area is 131 Å². The summed E-state index contributed by atoms with van der Waals surface area (Å²) < 4.78 is 5.16. The van der Waals surface area contributed by atoms with Gasteiger partial charge in [-0.3, -0.25) is 0 Å². The third-order valence-corrected chi connectivity index (χ3v) is 4.12. The lowest BCUT2D eigenvalue weighted by Crippen LogP contribution is -2.02. The van der Waals surface area contributed by atoms with Gasteiger partial charge in [0.25, 0.3) is 0 Å². The third-order valence-electron chi connectivity index (χ3n) is 3.14. The third kappa shape index (κ3) is 3.15. The molecule has 4 nitrogen and oxygen atoms in total. The minimum atomic E-state index is 0.252. The maximum Gasteiger partial charge on any atom is 0.225 e. The van der Waals surface area contributed by atoms with Gasteiger partial charge in [-0.2, -0.15) is 4.98 Å². The first-order chi connectivity index (χ1) is 10.3. The molecule has 0 aliphatic carbocycles. The zero-order chi connectivity index (χ0) is 14.7. The summed E-state index contributed by atoms with van der Waals surface area (Å²) in [5.41, 5.74) is 2.19. The number of hydrogen-bond donors (Lipinski definition) is 1. The van der Waals surface area contributed by atoms with E-state index in [0.717, 1.165) is 28.1 Å². The van der Waals surface area contributed by atoms with Crippen LogP contribution in [0.2, 0.25) is 5.28 Å². The van der Waals surface area contributed by atoms with Crippen molar-refractivity contribution in [2.24, 2.45) is 0 Å². The molecule has 2 heterocycles. The van der Waals surface area contributed by atoms with Crippen molar-refractivity contribution in [2.45, 2.75) is 6.42 Å². The van der Waals surface area contributed by atoms with E-state index < -0.39 is 0 Å². The molecular formula is C15H14ClN3OS. The molecule has 0 bridgehead atoms. The van der Waals surface area contributed by atoms with E-state index in [2.05, 4.69) is 21.4 Å². The van der Waals surface area contributed by atoms with Gasteiger partial charge in [-0.15, -0.1) is 11.3 Å². The molecule has 0 amide bonds. The molecule has 0 saturated heterocycles. The summed E-state index contributed by atoms with van der Waals surface area (Å²) >= 11 is 7.54. The smallest absolute Gasteiger partial charge is 0.225 e. The van der Waals surface area contributed by atoms with E-state index in [4.69, 9.17) is 16.3 Å². The highest BCUT2D eigenvalue weighted by Crippen LogP contribution is 2.29. The number of benzene rings is 1. The van der Waals surface area contributed by atoms with Gasteiger partial charge in [0.2, 0.25) is 5.28 Å². The van der Waals surface area contributed by atoms with Gasteiger partial charge in [-0.1, -0.05) is 18.2 Å². The van der Waals surface area contributed by atoms with Crippen LogP contribution in [-0.2, 0) is 11.2 Å². The van der Waals surface area contributed by atoms with Gasteiger partial charge in [0.1, 0.15) is 10.6 Å². The summed E-state index contributed by atoms with van der Waals surface area (Å²) in [7, 11) is 1.70. The van der Waals surface area contributed by atoms with Crippen molar-refractivity contribution in [3.8, 4) is 0 Å². The number of fused-ring (bicyclic) bond motifs is 1. The number of para-hydroxylation sites is 1. The Kier molecular flexibility index (Phi) is 4.34. The fraction of sp³-hybridized carbons (Fsp3) is 0.200. The monoisotopic (exact) mass is 319 g/mol. The molecule has 1 N–H and O–H groups in total. The first-order valence-corrected chi connectivity index (χ1v) is 7.78. The van der Waals surface area contributed by atoms with E-state index in [-0.39, 0.29) is 5.28 Å². The molecule has 6 heteroatoms. The molecule has 0 radical (unpaired) electrons. The molecule has 21 heavy (non-hydrogen) atoms. The lowest BCUT2D eigenvalue weighted by atomic mass is 10.1. The van der Waals surface area contributed by atoms with Gasteiger partial charge >= 0.3 is 0 Å². The number of methoxy groups -OCH3 is 1. The molecule has 0 fully saturated rings. The van der Waals surface area contributed by atoms with Crippen LogP contribution >= 0.6 is 22.9 Å². The Morgan fingerprint density at radius 2 is 2.10 bits per heavy atom. The minimum Gasteiger partial charge on any atom is -0.384 e. The lowest BCUT2D eigenvalue weighted by molar-refractivity contribution is 0.202. The number of aromatic nitrogens is 2. The van der Waals surface area contributed by atoms with E-state index in [1.807, 2.05) is 29.6 Å². The van der Waals surface area contributed by atoms with Gasteiger partial charge in [-0.25, -0.2) is 4.98 Å². The van der Waals surface area contributed by atoms with E-state index in [1.54, 1.807) is 18.4 Å². The average Bonchev–Trinajstić information content (AvgIpc) is 2.94. The first-order valence-electron chi connectivity index (χ1n) is 6.52. The molecule has 2 aromatic heterocycles. The van der Waals surface area contributed by atoms with Crippen molar-refractivity contribution in [1.29, 1.82) is 0 Å². The largest absolute Gasteiger partial charge is 0.384 e. The van der Waals surface area contributed by atoms with Crippen molar-refractivity contribution in [3.05, 3.63) is 46.6 Å². The molecule has 0 saturated carbocycles. The first kappa shape index (κ1) is 14.3. The minimum absolute atomic E-state index is 0.252. The summed E-state index contributed by atoms with van der Waals surface area (Å²) in [6.45, 7) is 0.678. The van der Waals surface area contributed by atoms with E-state index >= 15 is 0 Å². The lowest BCUT2D eigenvalue weighted by Gasteiger charge is -2.12. The summed E-state index contributed by atoms with van der Waals surface area (Å²) in [5.74, 6) is 0.733. The summed E-state index contributed by atoms with van der Waals surface area (Å²) in [5, 5.41) is 6.58. The van der Waals surface area contributed by atoms with E-state index in [0.29, 0.717) is 6.61 Å². The number of halogens is 1. The van der Waals surface area contributed by atoms with Crippen LogP contribution in [0.1, 0.15) is 5.56 Å². The van der Waals surface area contributed by atoms with Crippen molar-refractivity contribution in [1.82, 2.24) is 9.97 Å². The van der Waals surface area contributed by atoms with Gasteiger partial charge < -0.3 is 10.1 Å². The summed E-state index contributed by atoms with van der Waals surface area (Å²) in [6, 6.07) is 10.1. The van der Waals surface area contributed by atoms with Crippen molar-refractivity contribution in [2.75, 3.05) is 19.0 Å². The molecular weight excluding hydrogens is 306 g/mol. The highest BCUT2D eigenvalue weighted by molar-refractivity contribution is 7.16. The highest BCUT2D eigenvalue weighted by Gasteiger charge is 2.10. The predicted molar refractivity (Wildman–Crippen MR) is 87.7 cm³/mol. The van der Waals surface area contributed by atoms with Crippen molar-refractivity contribution >= 4 is 44.7 Å². The summed E-state index contributed by atoms with van der Waals surface area (Å²) in [6.07, 6.45) is 0.839. The molecule has 0 spiro atoms. The van der Waals surface area contributed by atoms with Gasteiger partial charge in [0, 0.05) is 12.8 Å². The molecule has 3 aromatic rings. The number of nitrogens with one attached hydrogen (secondary N) is 1. The molecule has 0 atom stereocenters. The SMILES string of the molecule is COCCc1ccccc1Nc1nc(Cl)nc2sccc12. The van der Waals surface area contributed by atoms with Crippen LogP contribution in [0, 0.1) is 0 Å². The Morgan fingerprint density at radius 1 is 1.24 bits per heavy atom. The van der Waals surface area contributed by atoms with E-state index in [1.165, 1.54) is 5.56 Å². The van der Waals surface area contributed by atoms with Gasteiger partial charge in [-0.05, 0) is 41.1 Å². The standard InChI is InChI=1S/C15H14ClN3OS/c1-20-8-6-10-4-2-3-5-12(10)17-13-11-7-9-21-14(11)19-15(16)18-13/h2-5,7,9H,6,8H2,1H3,(H,17,18,19). The molecule has 108 valence electrons. The maximum absolute atomic E-state index is 5.99. The number of anilines is 2. The summed E-state index contributed by atoms with van der Waals surface area (Å²) in [4.78, 5) is 9.41. The van der Waals surface area contributed by atoms with Crippen LogP contribution in [-0.4, -0.2) is 23.7 Å².